The molecular formula is C18H23N3O. The highest BCUT2D eigenvalue weighted by Crippen LogP contribution is 2.11. The van der Waals surface area contributed by atoms with Crippen LogP contribution in [0.3, 0.4) is 0 Å². The topological polar surface area (TPSA) is 59.6 Å². The molecule has 0 heterocycles. The van der Waals surface area contributed by atoms with Crippen molar-refractivity contribution in [2.75, 3.05) is 12.4 Å². The highest BCUT2D eigenvalue weighted by Gasteiger charge is 1.98. The summed E-state index contributed by atoms with van der Waals surface area (Å²) in [6.07, 6.45) is 1.00. The fraction of sp³-hybridized carbons (Fsp3) is 0.278. The molecule has 0 unspecified atom stereocenters. The van der Waals surface area contributed by atoms with Gasteiger partial charge < -0.3 is 15.8 Å². The molecule has 0 saturated carbocycles. The molecule has 0 fully saturated rings. The van der Waals surface area contributed by atoms with Crippen molar-refractivity contribution in [2.24, 2.45) is 10.7 Å². The SMILES string of the molecule is CCc1cccc(NC(N)=NCc2ccc(COC)cc2)c1. The highest BCUT2D eigenvalue weighted by atomic mass is 16.5. The number of guanidine groups is 1. The molecule has 0 aromatic heterocycles. The Kier molecular flexibility index (Phi) is 5.98. The van der Waals surface area contributed by atoms with Gasteiger partial charge >= 0.3 is 0 Å². The first-order valence-corrected chi connectivity index (χ1v) is 7.44. The molecule has 0 bridgehead atoms. The zero-order valence-corrected chi connectivity index (χ0v) is 13.2. The van der Waals surface area contributed by atoms with Crippen molar-refractivity contribution in [3.63, 3.8) is 0 Å². The predicted octanol–water partition coefficient (Wildman–Crippen LogP) is 3.32. The first kappa shape index (κ1) is 16.0. The maximum atomic E-state index is 5.94. The molecule has 3 N–H and O–H groups in total. The van der Waals surface area contributed by atoms with Gasteiger partial charge in [0.15, 0.2) is 5.96 Å². The molecule has 2 aromatic rings. The number of aryl methyl sites for hydroxylation is 1. The summed E-state index contributed by atoms with van der Waals surface area (Å²) in [6.45, 7) is 3.31. The van der Waals surface area contributed by atoms with Crippen molar-refractivity contribution in [3.05, 3.63) is 65.2 Å². The Morgan fingerprint density at radius 3 is 2.50 bits per heavy atom. The van der Waals surface area contributed by atoms with Crippen molar-refractivity contribution < 1.29 is 4.74 Å². The minimum absolute atomic E-state index is 0.425. The molecule has 0 atom stereocenters. The van der Waals surface area contributed by atoms with Crippen LogP contribution in [-0.2, 0) is 24.3 Å². The summed E-state index contributed by atoms with van der Waals surface area (Å²) in [5.41, 5.74) is 10.4. The van der Waals surface area contributed by atoms with E-state index in [0.717, 1.165) is 23.2 Å². The lowest BCUT2D eigenvalue weighted by molar-refractivity contribution is 0.185. The van der Waals surface area contributed by atoms with Crippen molar-refractivity contribution in [1.82, 2.24) is 0 Å². The minimum atomic E-state index is 0.425. The lowest BCUT2D eigenvalue weighted by atomic mass is 10.1. The molecule has 2 rings (SSSR count). The second-order valence-corrected chi connectivity index (χ2v) is 5.13. The van der Waals surface area contributed by atoms with Gasteiger partial charge in [0, 0.05) is 12.8 Å². The number of rotatable bonds is 6. The standard InChI is InChI=1S/C18H23N3O/c1-3-14-5-4-6-17(11-14)21-18(19)20-12-15-7-9-16(10-8-15)13-22-2/h4-11H,3,12-13H2,1-2H3,(H3,19,20,21). The van der Waals surface area contributed by atoms with E-state index in [1.54, 1.807) is 7.11 Å². The van der Waals surface area contributed by atoms with Crippen LogP contribution >= 0.6 is 0 Å². The van der Waals surface area contributed by atoms with Gasteiger partial charge in [0.2, 0.25) is 0 Å². The number of nitrogens with two attached hydrogens (primary N) is 1. The lowest BCUT2D eigenvalue weighted by Gasteiger charge is -2.07. The number of ether oxygens (including phenoxy) is 1. The Hall–Kier alpha value is -2.33. The summed E-state index contributed by atoms with van der Waals surface area (Å²) >= 11 is 0. The Morgan fingerprint density at radius 2 is 1.82 bits per heavy atom. The van der Waals surface area contributed by atoms with Gasteiger partial charge in [-0.25, -0.2) is 4.99 Å². The van der Waals surface area contributed by atoms with Crippen molar-refractivity contribution in [2.45, 2.75) is 26.5 Å². The van der Waals surface area contributed by atoms with Crippen LogP contribution in [0.2, 0.25) is 0 Å². The Bertz CT molecular complexity index is 620. The van der Waals surface area contributed by atoms with Gasteiger partial charge in [-0.05, 0) is 35.2 Å². The van der Waals surface area contributed by atoms with E-state index in [2.05, 4.69) is 29.4 Å². The summed E-state index contributed by atoms with van der Waals surface area (Å²) in [4.78, 5) is 4.37. The van der Waals surface area contributed by atoms with Crippen LogP contribution < -0.4 is 11.1 Å². The fourth-order valence-electron chi connectivity index (χ4n) is 2.14. The fourth-order valence-corrected chi connectivity index (χ4v) is 2.14. The monoisotopic (exact) mass is 297 g/mol. The second kappa shape index (κ2) is 8.20. The molecule has 0 saturated heterocycles. The van der Waals surface area contributed by atoms with Gasteiger partial charge in [-0.3, -0.25) is 0 Å². The van der Waals surface area contributed by atoms with Crippen molar-refractivity contribution >= 4 is 11.6 Å². The van der Waals surface area contributed by atoms with Gasteiger partial charge in [-0.1, -0.05) is 43.3 Å². The van der Waals surface area contributed by atoms with Gasteiger partial charge in [0.25, 0.3) is 0 Å². The molecule has 0 aliphatic rings. The second-order valence-electron chi connectivity index (χ2n) is 5.13. The quantitative estimate of drug-likeness (QED) is 0.635. The van der Waals surface area contributed by atoms with E-state index in [9.17, 15) is 0 Å². The van der Waals surface area contributed by atoms with Crippen LogP contribution in [0.15, 0.2) is 53.5 Å². The first-order chi connectivity index (χ1) is 10.7. The highest BCUT2D eigenvalue weighted by molar-refractivity contribution is 5.92. The summed E-state index contributed by atoms with van der Waals surface area (Å²) in [5.74, 6) is 0.425. The summed E-state index contributed by atoms with van der Waals surface area (Å²) < 4.78 is 5.09. The van der Waals surface area contributed by atoms with E-state index in [0.29, 0.717) is 19.1 Å². The largest absolute Gasteiger partial charge is 0.380 e. The Labute approximate surface area is 132 Å². The molecule has 116 valence electrons. The third kappa shape index (κ3) is 4.90. The van der Waals surface area contributed by atoms with Gasteiger partial charge in [0.05, 0.1) is 13.2 Å². The number of nitrogens with zero attached hydrogens (tertiary/aromatic N) is 1. The van der Waals surface area contributed by atoms with Crippen LogP contribution in [0.4, 0.5) is 5.69 Å². The van der Waals surface area contributed by atoms with Crippen molar-refractivity contribution in [1.29, 1.82) is 0 Å². The van der Waals surface area contributed by atoms with Gasteiger partial charge in [-0.2, -0.15) is 0 Å². The zero-order valence-electron chi connectivity index (χ0n) is 13.2. The van der Waals surface area contributed by atoms with Crippen LogP contribution in [0, 0.1) is 0 Å². The average Bonchev–Trinajstić information content (AvgIpc) is 2.55. The van der Waals surface area contributed by atoms with E-state index in [1.165, 1.54) is 5.56 Å². The maximum absolute atomic E-state index is 5.94. The number of hydrogen-bond acceptors (Lipinski definition) is 2. The summed E-state index contributed by atoms with van der Waals surface area (Å²) in [6, 6.07) is 16.4. The predicted molar refractivity (Wildman–Crippen MR) is 91.9 cm³/mol. The Balaban J connectivity index is 1.94. The molecule has 0 spiro atoms. The van der Waals surface area contributed by atoms with Crippen LogP contribution in [0.25, 0.3) is 0 Å². The molecule has 4 heteroatoms. The molecule has 0 amide bonds. The molecule has 2 aromatic carbocycles. The van der Waals surface area contributed by atoms with E-state index in [-0.39, 0.29) is 0 Å². The third-order valence-electron chi connectivity index (χ3n) is 3.37. The molecule has 0 radical (unpaired) electrons. The molecule has 22 heavy (non-hydrogen) atoms. The van der Waals surface area contributed by atoms with Crippen LogP contribution in [0.1, 0.15) is 23.6 Å². The lowest BCUT2D eigenvalue weighted by Crippen LogP contribution is -2.22. The summed E-state index contributed by atoms with van der Waals surface area (Å²) in [5, 5.41) is 3.13. The van der Waals surface area contributed by atoms with E-state index < -0.39 is 0 Å². The smallest absolute Gasteiger partial charge is 0.193 e. The number of hydrogen-bond donors (Lipinski definition) is 2. The van der Waals surface area contributed by atoms with Gasteiger partial charge in [-0.15, -0.1) is 0 Å². The molecule has 0 aliphatic heterocycles. The normalized spacial score (nSPS) is 11.5. The number of aliphatic imine (C=N–C) groups is 1. The van der Waals surface area contributed by atoms with E-state index in [4.69, 9.17) is 10.5 Å². The number of methoxy groups -OCH3 is 1. The van der Waals surface area contributed by atoms with Crippen LogP contribution in [-0.4, -0.2) is 13.1 Å². The maximum Gasteiger partial charge on any atom is 0.193 e. The van der Waals surface area contributed by atoms with E-state index >= 15 is 0 Å². The van der Waals surface area contributed by atoms with Crippen molar-refractivity contribution in [3.8, 4) is 0 Å². The third-order valence-corrected chi connectivity index (χ3v) is 3.37. The van der Waals surface area contributed by atoms with E-state index in [1.807, 2.05) is 36.4 Å². The average molecular weight is 297 g/mol. The van der Waals surface area contributed by atoms with Crippen LogP contribution in [0.5, 0.6) is 0 Å². The summed E-state index contributed by atoms with van der Waals surface area (Å²) in [7, 11) is 1.69. The molecule has 4 nitrogen and oxygen atoms in total. The zero-order chi connectivity index (χ0) is 15.8. The molecule has 0 aliphatic carbocycles. The van der Waals surface area contributed by atoms with Gasteiger partial charge in [0.1, 0.15) is 0 Å². The first-order valence-electron chi connectivity index (χ1n) is 7.44. The Morgan fingerprint density at radius 1 is 1.09 bits per heavy atom. The number of nitrogens with one attached hydrogen (secondary N) is 1. The number of anilines is 1. The minimum Gasteiger partial charge on any atom is -0.380 e. The molecular weight excluding hydrogens is 274 g/mol. The number of benzene rings is 2.